The van der Waals surface area contributed by atoms with Crippen LogP contribution >= 0.6 is 0 Å². The van der Waals surface area contributed by atoms with E-state index in [2.05, 4.69) is 9.97 Å². The predicted octanol–water partition coefficient (Wildman–Crippen LogP) is 1.64. The Morgan fingerprint density at radius 3 is 2.64 bits per heavy atom. The van der Waals surface area contributed by atoms with Gasteiger partial charge in [0, 0.05) is 6.07 Å². The quantitative estimate of drug-likeness (QED) is 0.760. The molecule has 0 aliphatic rings. The molecule has 74 valence electrons. The van der Waals surface area contributed by atoms with E-state index >= 15 is 0 Å². The van der Waals surface area contributed by atoms with Crippen LogP contribution in [0, 0.1) is 0 Å². The molecule has 0 bridgehead atoms. The Bertz CT molecular complexity index is 496. The van der Waals surface area contributed by atoms with Crippen LogP contribution < -0.4 is 10.4 Å². The van der Waals surface area contributed by atoms with Crippen LogP contribution in [0.3, 0.4) is 0 Å². The van der Waals surface area contributed by atoms with Gasteiger partial charge in [-0.05, 0) is 26.0 Å². The number of hydrogen-bond acceptors (Lipinski definition) is 2. The van der Waals surface area contributed by atoms with E-state index in [1.54, 1.807) is 0 Å². The minimum Gasteiger partial charge on any atom is -0.491 e. The van der Waals surface area contributed by atoms with Crippen molar-refractivity contribution in [2.75, 3.05) is 0 Å². The molecule has 2 N–H and O–H groups in total. The van der Waals surface area contributed by atoms with Crippen molar-refractivity contribution >= 4 is 11.0 Å². The lowest BCUT2D eigenvalue weighted by Gasteiger charge is -2.08. The summed E-state index contributed by atoms with van der Waals surface area (Å²) < 4.78 is 5.50. The third-order valence-corrected chi connectivity index (χ3v) is 1.86. The van der Waals surface area contributed by atoms with Crippen molar-refractivity contribution in [3.05, 3.63) is 28.7 Å². The standard InChI is InChI=1S/C10H12N2O2/c1-6(2)14-7-3-4-8-9(5-7)12-10(13)11-8/h3-6H,1-2H3,(H2,11,12,13). The maximum atomic E-state index is 11.0. The maximum absolute atomic E-state index is 11.0. The minimum absolute atomic E-state index is 0.137. The molecule has 0 spiro atoms. The monoisotopic (exact) mass is 192 g/mol. The number of fused-ring (bicyclic) bond motifs is 1. The van der Waals surface area contributed by atoms with Gasteiger partial charge in [-0.25, -0.2) is 4.79 Å². The summed E-state index contributed by atoms with van der Waals surface area (Å²) in [6.45, 7) is 3.92. The van der Waals surface area contributed by atoms with Crippen LogP contribution in [0.4, 0.5) is 0 Å². The lowest BCUT2D eigenvalue weighted by Crippen LogP contribution is -2.05. The lowest BCUT2D eigenvalue weighted by molar-refractivity contribution is 0.242. The molecule has 0 unspecified atom stereocenters. The second kappa shape index (κ2) is 3.21. The lowest BCUT2D eigenvalue weighted by atomic mass is 10.3. The Kier molecular flexibility index (Phi) is 2.04. The van der Waals surface area contributed by atoms with Crippen molar-refractivity contribution in [2.45, 2.75) is 20.0 Å². The van der Waals surface area contributed by atoms with E-state index in [1.165, 1.54) is 0 Å². The summed E-state index contributed by atoms with van der Waals surface area (Å²) in [5, 5.41) is 0. The van der Waals surface area contributed by atoms with E-state index in [1.807, 2.05) is 32.0 Å². The molecule has 2 rings (SSSR count). The van der Waals surface area contributed by atoms with Gasteiger partial charge in [-0.2, -0.15) is 0 Å². The number of aromatic nitrogens is 2. The molecule has 0 aliphatic heterocycles. The molecule has 1 aromatic heterocycles. The molecular weight excluding hydrogens is 180 g/mol. The first-order chi connectivity index (χ1) is 6.65. The Labute approximate surface area is 80.9 Å². The third-order valence-electron chi connectivity index (χ3n) is 1.86. The molecule has 14 heavy (non-hydrogen) atoms. The van der Waals surface area contributed by atoms with Gasteiger partial charge >= 0.3 is 5.69 Å². The smallest absolute Gasteiger partial charge is 0.323 e. The second-order valence-electron chi connectivity index (χ2n) is 3.45. The number of nitrogens with one attached hydrogen (secondary N) is 2. The second-order valence-corrected chi connectivity index (χ2v) is 3.45. The molecule has 0 aliphatic carbocycles. The highest BCUT2D eigenvalue weighted by molar-refractivity contribution is 5.75. The van der Waals surface area contributed by atoms with E-state index in [0.717, 1.165) is 16.8 Å². The summed E-state index contributed by atoms with van der Waals surface area (Å²) >= 11 is 0. The van der Waals surface area contributed by atoms with Gasteiger partial charge in [0.1, 0.15) is 5.75 Å². The number of hydrogen-bond donors (Lipinski definition) is 2. The molecule has 0 fully saturated rings. The first kappa shape index (κ1) is 8.87. The van der Waals surface area contributed by atoms with Crippen molar-refractivity contribution in [1.29, 1.82) is 0 Å². The molecule has 2 aromatic rings. The molecule has 0 saturated heterocycles. The summed E-state index contributed by atoms with van der Waals surface area (Å²) in [5.41, 5.74) is 1.38. The Morgan fingerprint density at radius 1 is 1.21 bits per heavy atom. The summed E-state index contributed by atoms with van der Waals surface area (Å²) in [6, 6.07) is 5.48. The normalized spacial score (nSPS) is 11.1. The summed E-state index contributed by atoms with van der Waals surface area (Å²) in [7, 11) is 0. The molecule has 4 nitrogen and oxygen atoms in total. The average Bonchev–Trinajstić information content (AvgIpc) is 2.42. The first-order valence-electron chi connectivity index (χ1n) is 4.54. The molecular formula is C10H12N2O2. The zero-order valence-electron chi connectivity index (χ0n) is 8.13. The number of ether oxygens (including phenoxy) is 1. The fourth-order valence-corrected chi connectivity index (χ4v) is 1.36. The van der Waals surface area contributed by atoms with Gasteiger partial charge in [-0.1, -0.05) is 0 Å². The van der Waals surface area contributed by atoms with Crippen molar-refractivity contribution < 1.29 is 4.74 Å². The van der Waals surface area contributed by atoms with Crippen molar-refractivity contribution in [3.8, 4) is 5.75 Å². The Hall–Kier alpha value is -1.71. The molecule has 0 atom stereocenters. The van der Waals surface area contributed by atoms with Crippen LogP contribution in [0.15, 0.2) is 23.0 Å². The highest BCUT2D eigenvalue weighted by Crippen LogP contribution is 2.17. The van der Waals surface area contributed by atoms with Gasteiger partial charge in [0.25, 0.3) is 0 Å². The van der Waals surface area contributed by atoms with Crippen LogP contribution in [-0.2, 0) is 0 Å². The van der Waals surface area contributed by atoms with Crippen LogP contribution in [0.2, 0.25) is 0 Å². The van der Waals surface area contributed by atoms with E-state index in [0.29, 0.717) is 0 Å². The SMILES string of the molecule is CC(C)Oc1ccc2[nH]c(=O)[nH]c2c1. The number of aromatic amines is 2. The van der Waals surface area contributed by atoms with Crippen molar-refractivity contribution in [2.24, 2.45) is 0 Å². The first-order valence-corrected chi connectivity index (χ1v) is 4.54. The van der Waals surface area contributed by atoms with Crippen molar-refractivity contribution in [1.82, 2.24) is 9.97 Å². The van der Waals surface area contributed by atoms with E-state index in [-0.39, 0.29) is 11.8 Å². The van der Waals surface area contributed by atoms with Crippen LogP contribution in [0.5, 0.6) is 5.75 Å². The van der Waals surface area contributed by atoms with Gasteiger partial charge < -0.3 is 14.7 Å². The molecule has 0 radical (unpaired) electrons. The van der Waals surface area contributed by atoms with Gasteiger partial charge in [0.2, 0.25) is 0 Å². The van der Waals surface area contributed by atoms with Crippen LogP contribution in [0.25, 0.3) is 11.0 Å². The summed E-state index contributed by atoms with van der Waals surface area (Å²) in [6.07, 6.45) is 0.137. The largest absolute Gasteiger partial charge is 0.491 e. The molecule has 0 saturated carbocycles. The Balaban J connectivity index is 2.45. The van der Waals surface area contributed by atoms with Gasteiger partial charge in [-0.3, -0.25) is 0 Å². The van der Waals surface area contributed by atoms with E-state index in [9.17, 15) is 4.79 Å². The topological polar surface area (TPSA) is 57.9 Å². The summed E-state index contributed by atoms with van der Waals surface area (Å²) in [5.74, 6) is 0.766. The van der Waals surface area contributed by atoms with Crippen LogP contribution in [0.1, 0.15) is 13.8 Å². The predicted molar refractivity (Wildman–Crippen MR) is 54.7 cm³/mol. The molecule has 0 amide bonds. The van der Waals surface area contributed by atoms with E-state index in [4.69, 9.17) is 4.74 Å². The number of benzene rings is 1. The van der Waals surface area contributed by atoms with Gasteiger partial charge in [-0.15, -0.1) is 0 Å². The fourth-order valence-electron chi connectivity index (χ4n) is 1.36. The molecule has 4 heteroatoms. The zero-order valence-corrected chi connectivity index (χ0v) is 8.13. The van der Waals surface area contributed by atoms with Gasteiger partial charge in [0.15, 0.2) is 0 Å². The van der Waals surface area contributed by atoms with Crippen LogP contribution in [-0.4, -0.2) is 16.1 Å². The summed E-state index contributed by atoms with van der Waals surface area (Å²) in [4.78, 5) is 16.3. The number of rotatable bonds is 2. The highest BCUT2D eigenvalue weighted by atomic mass is 16.5. The maximum Gasteiger partial charge on any atom is 0.323 e. The van der Waals surface area contributed by atoms with E-state index < -0.39 is 0 Å². The van der Waals surface area contributed by atoms with Gasteiger partial charge in [0.05, 0.1) is 17.1 Å². The molecule has 1 aromatic carbocycles. The number of H-pyrrole nitrogens is 2. The fraction of sp³-hybridized carbons (Fsp3) is 0.300. The Morgan fingerprint density at radius 2 is 1.93 bits per heavy atom. The van der Waals surface area contributed by atoms with Crippen molar-refractivity contribution in [3.63, 3.8) is 0 Å². The average molecular weight is 192 g/mol. The highest BCUT2D eigenvalue weighted by Gasteiger charge is 2.01. The number of imidazole rings is 1. The third kappa shape index (κ3) is 1.64. The zero-order chi connectivity index (χ0) is 10.1. The minimum atomic E-state index is -0.193. The molecule has 1 heterocycles.